The Labute approximate surface area is 111 Å². The van der Waals surface area contributed by atoms with E-state index in [-0.39, 0.29) is 0 Å². The summed E-state index contributed by atoms with van der Waals surface area (Å²) in [6.45, 7) is 2.02. The highest BCUT2D eigenvalue weighted by Crippen LogP contribution is 2.38. The molecule has 104 valence electrons. The van der Waals surface area contributed by atoms with Crippen molar-refractivity contribution in [3.8, 4) is 0 Å². The number of ether oxygens (including phenoxy) is 2. The molecule has 18 heavy (non-hydrogen) atoms. The van der Waals surface area contributed by atoms with Gasteiger partial charge in [-0.15, -0.1) is 0 Å². The minimum absolute atomic E-state index is 0.590. The first-order valence-corrected chi connectivity index (χ1v) is 8.16. The first kappa shape index (κ1) is 12.9. The summed E-state index contributed by atoms with van der Waals surface area (Å²) in [6.07, 6.45) is 14.7. The summed E-state index contributed by atoms with van der Waals surface area (Å²) in [5.41, 5.74) is 0. The molecular weight excluding hydrogens is 224 g/mol. The zero-order valence-electron chi connectivity index (χ0n) is 11.6. The second-order valence-corrected chi connectivity index (χ2v) is 6.48. The molecule has 2 saturated heterocycles. The lowest BCUT2D eigenvalue weighted by molar-refractivity contribution is -0.0608. The second-order valence-electron chi connectivity index (χ2n) is 6.48. The lowest BCUT2D eigenvalue weighted by atomic mass is 9.75. The molecule has 0 amide bonds. The fraction of sp³-hybridized carbons (Fsp3) is 1.00. The molecule has 0 aromatic rings. The largest absolute Gasteiger partial charge is 0.378 e. The Balaban J connectivity index is 1.45. The van der Waals surface area contributed by atoms with Gasteiger partial charge in [0.1, 0.15) is 0 Å². The first-order valence-electron chi connectivity index (χ1n) is 8.16. The van der Waals surface area contributed by atoms with Crippen LogP contribution in [0, 0.1) is 11.8 Å². The fourth-order valence-electron chi connectivity index (χ4n) is 4.16. The van der Waals surface area contributed by atoms with Crippen LogP contribution in [0.15, 0.2) is 0 Å². The molecule has 2 atom stereocenters. The highest BCUT2D eigenvalue weighted by molar-refractivity contribution is 4.83. The average Bonchev–Trinajstić information content (AvgIpc) is 2.49. The normalized spacial score (nSPS) is 42.7. The predicted octanol–water partition coefficient (Wildman–Crippen LogP) is 3.93. The van der Waals surface area contributed by atoms with Crippen LogP contribution in [0.5, 0.6) is 0 Å². The smallest absolute Gasteiger partial charge is 0.0603 e. The zero-order chi connectivity index (χ0) is 12.2. The molecule has 0 aromatic heterocycles. The van der Waals surface area contributed by atoms with Gasteiger partial charge in [-0.2, -0.15) is 0 Å². The van der Waals surface area contributed by atoms with E-state index in [1.165, 1.54) is 64.2 Å². The molecule has 3 fully saturated rings. The molecule has 3 rings (SSSR count). The number of hydrogen-bond donors (Lipinski definition) is 0. The van der Waals surface area contributed by atoms with Crippen molar-refractivity contribution in [2.45, 2.75) is 76.4 Å². The molecule has 1 saturated carbocycles. The van der Waals surface area contributed by atoms with Gasteiger partial charge in [-0.25, -0.2) is 0 Å². The van der Waals surface area contributed by atoms with Crippen LogP contribution in [-0.2, 0) is 9.47 Å². The van der Waals surface area contributed by atoms with Gasteiger partial charge in [0, 0.05) is 13.2 Å². The van der Waals surface area contributed by atoms with Gasteiger partial charge >= 0.3 is 0 Å². The predicted molar refractivity (Wildman–Crippen MR) is 72.6 cm³/mol. The van der Waals surface area contributed by atoms with E-state index in [1.807, 2.05) is 0 Å². The molecule has 3 aliphatic rings. The Hall–Kier alpha value is -0.0800. The van der Waals surface area contributed by atoms with Gasteiger partial charge in [0.25, 0.3) is 0 Å². The monoisotopic (exact) mass is 252 g/mol. The molecule has 2 unspecified atom stereocenters. The highest BCUT2D eigenvalue weighted by atomic mass is 16.5. The number of rotatable bonds is 2. The Bertz CT molecular complexity index is 207. The van der Waals surface area contributed by atoms with Crippen molar-refractivity contribution in [1.82, 2.24) is 0 Å². The molecule has 2 nitrogen and oxygen atoms in total. The molecular formula is C16H28O2. The van der Waals surface area contributed by atoms with Gasteiger partial charge in [-0.05, 0) is 76.0 Å². The summed E-state index contributed by atoms with van der Waals surface area (Å²) in [7, 11) is 0. The van der Waals surface area contributed by atoms with E-state index in [4.69, 9.17) is 9.47 Å². The van der Waals surface area contributed by atoms with Gasteiger partial charge in [0.2, 0.25) is 0 Å². The minimum Gasteiger partial charge on any atom is -0.378 e. The van der Waals surface area contributed by atoms with Gasteiger partial charge in [0.05, 0.1) is 12.2 Å². The Morgan fingerprint density at radius 1 is 0.500 bits per heavy atom. The maximum Gasteiger partial charge on any atom is 0.0603 e. The van der Waals surface area contributed by atoms with Crippen molar-refractivity contribution in [3.63, 3.8) is 0 Å². The van der Waals surface area contributed by atoms with Crippen LogP contribution < -0.4 is 0 Å². The molecule has 2 heteroatoms. The van der Waals surface area contributed by atoms with Crippen LogP contribution in [0.3, 0.4) is 0 Å². The van der Waals surface area contributed by atoms with Crippen LogP contribution in [0.25, 0.3) is 0 Å². The lowest BCUT2D eigenvalue weighted by Gasteiger charge is -2.39. The van der Waals surface area contributed by atoms with E-state index in [0.29, 0.717) is 12.2 Å². The third kappa shape index (κ3) is 3.08. The summed E-state index contributed by atoms with van der Waals surface area (Å²) in [5.74, 6) is 1.70. The van der Waals surface area contributed by atoms with Crippen LogP contribution in [0.1, 0.15) is 64.2 Å². The van der Waals surface area contributed by atoms with E-state index in [0.717, 1.165) is 25.0 Å². The Morgan fingerprint density at radius 2 is 0.944 bits per heavy atom. The third-order valence-electron chi connectivity index (χ3n) is 5.30. The standard InChI is InChI=1S/C16H28O2/c1-3-11-17-15(5-1)13-7-9-14(10-8-13)16-6-2-4-12-18-16/h13-16H,1-12H2. The van der Waals surface area contributed by atoms with Crippen molar-refractivity contribution >= 4 is 0 Å². The van der Waals surface area contributed by atoms with Crippen molar-refractivity contribution in [1.29, 1.82) is 0 Å². The quantitative estimate of drug-likeness (QED) is 0.741. The van der Waals surface area contributed by atoms with E-state index >= 15 is 0 Å². The number of hydrogen-bond acceptors (Lipinski definition) is 2. The molecule has 2 heterocycles. The maximum absolute atomic E-state index is 5.97. The van der Waals surface area contributed by atoms with Gasteiger partial charge in [-0.3, -0.25) is 0 Å². The van der Waals surface area contributed by atoms with Crippen molar-refractivity contribution < 1.29 is 9.47 Å². The topological polar surface area (TPSA) is 18.5 Å². The summed E-state index contributed by atoms with van der Waals surface area (Å²) in [4.78, 5) is 0. The molecule has 0 bridgehead atoms. The van der Waals surface area contributed by atoms with Crippen molar-refractivity contribution in [2.24, 2.45) is 11.8 Å². The Morgan fingerprint density at radius 3 is 1.28 bits per heavy atom. The van der Waals surface area contributed by atoms with E-state index in [2.05, 4.69) is 0 Å². The van der Waals surface area contributed by atoms with Crippen molar-refractivity contribution in [3.05, 3.63) is 0 Å². The summed E-state index contributed by atoms with van der Waals surface area (Å²) >= 11 is 0. The van der Waals surface area contributed by atoms with E-state index < -0.39 is 0 Å². The van der Waals surface area contributed by atoms with Gasteiger partial charge in [0.15, 0.2) is 0 Å². The van der Waals surface area contributed by atoms with Gasteiger partial charge in [-0.1, -0.05) is 0 Å². The Kier molecular flexibility index (Phi) is 4.58. The molecule has 2 aliphatic heterocycles. The van der Waals surface area contributed by atoms with Crippen molar-refractivity contribution in [2.75, 3.05) is 13.2 Å². The molecule has 0 aromatic carbocycles. The van der Waals surface area contributed by atoms with Crippen LogP contribution in [0.2, 0.25) is 0 Å². The highest BCUT2D eigenvalue weighted by Gasteiger charge is 2.33. The average molecular weight is 252 g/mol. The molecule has 0 N–H and O–H groups in total. The van der Waals surface area contributed by atoms with Crippen LogP contribution in [0.4, 0.5) is 0 Å². The summed E-state index contributed by atoms with van der Waals surface area (Å²) in [6, 6.07) is 0. The maximum atomic E-state index is 5.97. The fourth-order valence-corrected chi connectivity index (χ4v) is 4.16. The van der Waals surface area contributed by atoms with Gasteiger partial charge < -0.3 is 9.47 Å². The van der Waals surface area contributed by atoms with E-state index in [9.17, 15) is 0 Å². The van der Waals surface area contributed by atoms with Crippen LogP contribution in [-0.4, -0.2) is 25.4 Å². The molecule has 1 aliphatic carbocycles. The van der Waals surface area contributed by atoms with E-state index in [1.54, 1.807) is 0 Å². The third-order valence-corrected chi connectivity index (χ3v) is 5.30. The summed E-state index contributed by atoms with van der Waals surface area (Å²) < 4.78 is 11.9. The lowest BCUT2D eigenvalue weighted by Crippen LogP contribution is -2.35. The second kappa shape index (κ2) is 6.38. The molecule has 0 radical (unpaired) electrons. The summed E-state index contributed by atoms with van der Waals surface area (Å²) in [5, 5.41) is 0. The molecule has 0 spiro atoms. The zero-order valence-corrected chi connectivity index (χ0v) is 11.6. The SMILES string of the molecule is C1CCC(C2CCC(C3CCCCO3)CC2)OC1. The minimum atomic E-state index is 0.590. The van der Waals surface area contributed by atoms with Crippen LogP contribution >= 0.6 is 0 Å². The first-order chi connectivity index (χ1) is 8.93.